The second kappa shape index (κ2) is 4.75. The lowest BCUT2D eigenvalue weighted by molar-refractivity contribution is 0.623. The molecule has 82 valence electrons. The first-order chi connectivity index (χ1) is 6.93. The summed E-state index contributed by atoms with van der Waals surface area (Å²) >= 11 is 5.05. The molecule has 0 aliphatic carbocycles. The summed E-state index contributed by atoms with van der Waals surface area (Å²) in [5.41, 5.74) is 9.66. The summed E-state index contributed by atoms with van der Waals surface area (Å²) in [5, 5.41) is 0. The van der Waals surface area contributed by atoms with E-state index in [2.05, 4.69) is 45.9 Å². The predicted octanol–water partition coefficient (Wildman–Crippen LogP) is 3.33. The zero-order valence-electron chi connectivity index (χ0n) is 9.87. The molecule has 0 fully saturated rings. The van der Waals surface area contributed by atoms with E-state index in [0.717, 1.165) is 0 Å². The molecule has 0 amide bonds. The van der Waals surface area contributed by atoms with E-state index in [-0.39, 0.29) is 5.92 Å². The van der Waals surface area contributed by atoms with Crippen LogP contribution in [0, 0.1) is 19.8 Å². The molecule has 1 aromatic carbocycles. The summed E-state index contributed by atoms with van der Waals surface area (Å²) in [6.45, 7) is 8.53. The van der Waals surface area contributed by atoms with Crippen LogP contribution in [0.3, 0.4) is 0 Å². The Morgan fingerprint density at radius 1 is 1.27 bits per heavy atom. The summed E-state index contributed by atoms with van der Waals surface area (Å²) in [4.78, 5) is 0.600. The number of hydrogen-bond acceptors (Lipinski definition) is 1. The number of thiocarbonyl (C=S) groups is 1. The Kier molecular flexibility index (Phi) is 3.86. The number of nitrogens with two attached hydrogens (primary N) is 1. The van der Waals surface area contributed by atoms with Crippen LogP contribution in [-0.2, 0) is 0 Å². The van der Waals surface area contributed by atoms with Gasteiger partial charge < -0.3 is 5.73 Å². The molecule has 1 nitrogen and oxygen atoms in total. The first-order valence-corrected chi connectivity index (χ1v) is 5.70. The van der Waals surface area contributed by atoms with Crippen LogP contribution < -0.4 is 5.73 Å². The maximum absolute atomic E-state index is 5.69. The molecule has 0 aliphatic heterocycles. The number of aryl methyl sites for hydroxylation is 2. The zero-order chi connectivity index (χ0) is 11.6. The van der Waals surface area contributed by atoms with Crippen LogP contribution in [-0.4, -0.2) is 4.99 Å². The maximum atomic E-state index is 5.69. The Labute approximate surface area is 97.7 Å². The maximum Gasteiger partial charge on any atom is 0.0761 e. The summed E-state index contributed by atoms with van der Waals surface area (Å²) in [5.74, 6) is 0.642. The predicted molar refractivity (Wildman–Crippen MR) is 70.3 cm³/mol. The molecule has 0 spiro atoms. The van der Waals surface area contributed by atoms with Gasteiger partial charge in [0.05, 0.1) is 4.99 Å². The van der Waals surface area contributed by atoms with Crippen molar-refractivity contribution in [2.45, 2.75) is 33.6 Å². The normalized spacial score (nSPS) is 14.7. The van der Waals surface area contributed by atoms with Crippen molar-refractivity contribution in [1.82, 2.24) is 0 Å². The van der Waals surface area contributed by atoms with Gasteiger partial charge in [0.2, 0.25) is 0 Å². The van der Waals surface area contributed by atoms with Gasteiger partial charge in [0.15, 0.2) is 0 Å². The van der Waals surface area contributed by atoms with E-state index < -0.39 is 0 Å². The minimum Gasteiger partial charge on any atom is -0.393 e. The molecule has 0 saturated carbocycles. The van der Waals surface area contributed by atoms with Gasteiger partial charge in [0.25, 0.3) is 0 Å². The largest absolute Gasteiger partial charge is 0.393 e. The van der Waals surface area contributed by atoms with Gasteiger partial charge >= 0.3 is 0 Å². The van der Waals surface area contributed by atoms with E-state index in [9.17, 15) is 0 Å². The van der Waals surface area contributed by atoms with Crippen LogP contribution in [0.25, 0.3) is 0 Å². The molecule has 2 heteroatoms. The number of hydrogen-bond donors (Lipinski definition) is 1. The van der Waals surface area contributed by atoms with Crippen LogP contribution in [0.1, 0.15) is 36.5 Å². The van der Waals surface area contributed by atoms with Crippen molar-refractivity contribution in [2.75, 3.05) is 0 Å². The van der Waals surface area contributed by atoms with Crippen molar-refractivity contribution >= 4 is 17.2 Å². The SMILES string of the molecule is Cc1ccc(C)c(C(C)C(C)C(N)=S)c1. The molecule has 0 aliphatic rings. The molecule has 0 heterocycles. The van der Waals surface area contributed by atoms with Crippen LogP contribution in [0.4, 0.5) is 0 Å². The van der Waals surface area contributed by atoms with Crippen LogP contribution in [0.5, 0.6) is 0 Å². The highest BCUT2D eigenvalue weighted by Crippen LogP contribution is 2.27. The quantitative estimate of drug-likeness (QED) is 0.792. The summed E-state index contributed by atoms with van der Waals surface area (Å²) in [7, 11) is 0. The van der Waals surface area contributed by atoms with Crippen LogP contribution >= 0.6 is 12.2 Å². The van der Waals surface area contributed by atoms with Gasteiger partial charge in [-0.25, -0.2) is 0 Å². The van der Waals surface area contributed by atoms with E-state index >= 15 is 0 Å². The zero-order valence-corrected chi connectivity index (χ0v) is 10.7. The molecule has 2 N–H and O–H groups in total. The Morgan fingerprint density at radius 3 is 2.40 bits per heavy atom. The Bertz CT molecular complexity index is 371. The van der Waals surface area contributed by atoms with E-state index in [0.29, 0.717) is 10.9 Å². The third-order valence-electron chi connectivity index (χ3n) is 3.12. The molecular formula is C13H19NS. The third kappa shape index (κ3) is 2.78. The van der Waals surface area contributed by atoms with Gasteiger partial charge in [-0.1, -0.05) is 49.8 Å². The topological polar surface area (TPSA) is 26.0 Å². The van der Waals surface area contributed by atoms with Crippen molar-refractivity contribution in [3.63, 3.8) is 0 Å². The Balaban J connectivity index is 3.04. The van der Waals surface area contributed by atoms with Crippen molar-refractivity contribution in [1.29, 1.82) is 0 Å². The molecule has 1 aromatic rings. The van der Waals surface area contributed by atoms with Crippen molar-refractivity contribution in [3.8, 4) is 0 Å². The average Bonchev–Trinajstić information content (AvgIpc) is 2.19. The van der Waals surface area contributed by atoms with E-state index in [1.54, 1.807) is 0 Å². The van der Waals surface area contributed by atoms with Crippen molar-refractivity contribution in [2.24, 2.45) is 11.7 Å². The first kappa shape index (κ1) is 12.2. The fourth-order valence-electron chi connectivity index (χ4n) is 1.77. The van der Waals surface area contributed by atoms with Crippen molar-refractivity contribution < 1.29 is 0 Å². The fourth-order valence-corrected chi connectivity index (χ4v) is 1.97. The lowest BCUT2D eigenvalue weighted by atomic mass is 9.85. The van der Waals surface area contributed by atoms with Crippen LogP contribution in [0.15, 0.2) is 18.2 Å². The Hall–Kier alpha value is -0.890. The molecule has 0 bridgehead atoms. The molecule has 0 saturated heterocycles. The van der Waals surface area contributed by atoms with Gasteiger partial charge in [0, 0.05) is 5.92 Å². The highest BCUT2D eigenvalue weighted by Gasteiger charge is 2.18. The molecular weight excluding hydrogens is 202 g/mol. The average molecular weight is 221 g/mol. The van der Waals surface area contributed by atoms with Gasteiger partial charge in [-0.05, 0) is 30.9 Å². The lowest BCUT2D eigenvalue weighted by Crippen LogP contribution is -2.23. The summed E-state index contributed by atoms with van der Waals surface area (Å²) in [6.07, 6.45) is 0. The molecule has 2 unspecified atom stereocenters. The molecule has 0 radical (unpaired) electrons. The standard InChI is InChI=1S/C13H19NS/c1-8-5-6-9(2)12(7-8)10(3)11(4)13(14)15/h5-7,10-11H,1-4H3,(H2,14,15). The van der Waals surface area contributed by atoms with Gasteiger partial charge in [-0.15, -0.1) is 0 Å². The summed E-state index contributed by atoms with van der Waals surface area (Å²) < 4.78 is 0. The summed E-state index contributed by atoms with van der Waals surface area (Å²) in [6, 6.07) is 6.53. The van der Waals surface area contributed by atoms with E-state index in [1.165, 1.54) is 16.7 Å². The number of rotatable bonds is 3. The highest BCUT2D eigenvalue weighted by atomic mass is 32.1. The molecule has 2 atom stereocenters. The molecule has 1 rings (SSSR count). The lowest BCUT2D eigenvalue weighted by Gasteiger charge is -2.21. The highest BCUT2D eigenvalue weighted by molar-refractivity contribution is 7.80. The van der Waals surface area contributed by atoms with Crippen LogP contribution in [0.2, 0.25) is 0 Å². The third-order valence-corrected chi connectivity index (χ3v) is 3.50. The monoisotopic (exact) mass is 221 g/mol. The molecule has 15 heavy (non-hydrogen) atoms. The molecule has 0 aromatic heterocycles. The van der Waals surface area contributed by atoms with Crippen molar-refractivity contribution in [3.05, 3.63) is 34.9 Å². The first-order valence-electron chi connectivity index (χ1n) is 5.30. The minimum atomic E-state index is 0.250. The fraction of sp³-hybridized carbons (Fsp3) is 0.462. The number of benzene rings is 1. The second-order valence-electron chi connectivity index (χ2n) is 4.34. The van der Waals surface area contributed by atoms with Gasteiger partial charge in [0.1, 0.15) is 0 Å². The van der Waals surface area contributed by atoms with Gasteiger partial charge in [-0.3, -0.25) is 0 Å². The Morgan fingerprint density at radius 2 is 1.87 bits per heavy atom. The minimum absolute atomic E-state index is 0.250. The van der Waals surface area contributed by atoms with E-state index in [1.807, 2.05) is 0 Å². The second-order valence-corrected chi connectivity index (χ2v) is 4.81. The smallest absolute Gasteiger partial charge is 0.0761 e. The van der Waals surface area contributed by atoms with E-state index in [4.69, 9.17) is 18.0 Å². The van der Waals surface area contributed by atoms with Gasteiger partial charge in [-0.2, -0.15) is 0 Å².